The molecule has 146 valence electrons. The summed E-state index contributed by atoms with van der Waals surface area (Å²) in [6.07, 6.45) is 0. The molecule has 6 nitrogen and oxygen atoms in total. The number of anilines is 3. The van der Waals surface area contributed by atoms with E-state index < -0.39 is 0 Å². The summed E-state index contributed by atoms with van der Waals surface area (Å²) in [5.41, 5.74) is 2.75. The molecule has 0 fully saturated rings. The highest BCUT2D eigenvalue weighted by Gasteiger charge is 2.13. The van der Waals surface area contributed by atoms with Gasteiger partial charge in [0.2, 0.25) is 5.95 Å². The molecule has 0 radical (unpaired) electrons. The Hall–Kier alpha value is -2.99. The van der Waals surface area contributed by atoms with E-state index in [1.165, 1.54) is 5.56 Å². The maximum atomic E-state index is 6.19. The summed E-state index contributed by atoms with van der Waals surface area (Å²) in [6.45, 7) is 2.65. The lowest BCUT2D eigenvalue weighted by atomic mass is 10.2. The van der Waals surface area contributed by atoms with Crippen LogP contribution in [0, 0.1) is 6.92 Å². The zero-order valence-corrected chi connectivity index (χ0v) is 17.1. The quantitative estimate of drug-likeness (QED) is 0.614. The SMILES string of the molecule is COc1cc(Nc2cc(C)nc(N(C)Cc3ccccc3)n2)c(OC)cc1Cl. The highest BCUT2D eigenvalue weighted by Crippen LogP contribution is 2.37. The van der Waals surface area contributed by atoms with Crippen LogP contribution in [0.15, 0.2) is 48.5 Å². The van der Waals surface area contributed by atoms with Crippen molar-refractivity contribution >= 4 is 29.1 Å². The molecule has 0 bridgehead atoms. The fourth-order valence-electron chi connectivity index (χ4n) is 2.81. The molecule has 0 amide bonds. The van der Waals surface area contributed by atoms with E-state index in [0.717, 1.165) is 5.69 Å². The minimum atomic E-state index is 0.479. The van der Waals surface area contributed by atoms with Crippen molar-refractivity contribution in [1.82, 2.24) is 9.97 Å². The van der Waals surface area contributed by atoms with Gasteiger partial charge in [0.05, 0.1) is 24.9 Å². The van der Waals surface area contributed by atoms with E-state index in [-0.39, 0.29) is 0 Å². The van der Waals surface area contributed by atoms with E-state index in [0.29, 0.717) is 40.5 Å². The maximum Gasteiger partial charge on any atom is 0.227 e. The molecule has 0 saturated heterocycles. The lowest BCUT2D eigenvalue weighted by Crippen LogP contribution is -2.19. The molecule has 1 N–H and O–H groups in total. The van der Waals surface area contributed by atoms with Crippen LogP contribution in [0.1, 0.15) is 11.3 Å². The van der Waals surface area contributed by atoms with E-state index in [4.69, 9.17) is 21.1 Å². The number of halogens is 1. The number of ether oxygens (including phenoxy) is 2. The smallest absolute Gasteiger partial charge is 0.227 e. The first-order valence-corrected chi connectivity index (χ1v) is 9.17. The first-order valence-electron chi connectivity index (χ1n) is 8.79. The first kappa shape index (κ1) is 19.8. The Morgan fingerprint density at radius 2 is 1.71 bits per heavy atom. The van der Waals surface area contributed by atoms with Crippen molar-refractivity contribution in [3.63, 3.8) is 0 Å². The van der Waals surface area contributed by atoms with Crippen LogP contribution < -0.4 is 19.7 Å². The molecule has 0 spiro atoms. The van der Waals surface area contributed by atoms with E-state index >= 15 is 0 Å². The van der Waals surface area contributed by atoms with E-state index in [2.05, 4.69) is 27.4 Å². The molecule has 1 heterocycles. The highest BCUT2D eigenvalue weighted by atomic mass is 35.5. The lowest BCUT2D eigenvalue weighted by molar-refractivity contribution is 0.405. The molecule has 0 aliphatic heterocycles. The minimum Gasteiger partial charge on any atom is -0.495 e. The van der Waals surface area contributed by atoms with Gasteiger partial charge >= 0.3 is 0 Å². The Morgan fingerprint density at radius 3 is 2.39 bits per heavy atom. The van der Waals surface area contributed by atoms with E-state index in [9.17, 15) is 0 Å². The van der Waals surface area contributed by atoms with Crippen molar-refractivity contribution in [2.75, 3.05) is 31.5 Å². The van der Waals surface area contributed by atoms with Crippen LogP contribution >= 0.6 is 11.6 Å². The van der Waals surface area contributed by atoms with Crippen LogP contribution in [0.4, 0.5) is 17.5 Å². The third-order valence-electron chi connectivity index (χ3n) is 4.18. The van der Waals surface area contributed by atoms with Gasteiger partial charge < -0.3 is 19.7 Å². The molecule has 3 rings (SSSR count). The fraction of sp³-hybridized carbons (Fsp3) is 0.238. The number of rotatable bonds is 7. The summed E-state index contributed by atoms with van der Waals surface area (Å²) in [5.74, 6) is 2.44. The largest absolute Gasteiger partial charge is 0.495 e. The van der Waals surface area contributed by atoms with E-state index in [1.807, 2.05) is 43.1 Å². The molecule has 2 aromatic carbocycles. The average Bonchev–Trinajstić information content (AvgIpc) is 2.69. The number of methoxy groups -OCH3 is 2. The molecule has 1 aromatic heterocycles. The van der Waals surface area contributed by atoms with Crippen LogP contribution in [0.25, 0.3) is 0 Å². The van der Waals surface area contributed by atoms with Gasteiger partial charge in [0, 0.05) is 37.5 Å². The van der Waals surface area contributed by atoms with Crippen LogP contribution in [-0.4, -0.2) is 31.2 Å². The number of hydrogen-bond donors (Lipinski definition) is 1. The van der Waals surface area contributed by atoms with Crippen molar-refractivity contribution < 1.29 is 9.47 Å². The van der Waals surface area contributed by atoms with Gasteiger partial charge in [-0.1, -0.05) is 41.9 Å². The zero-order valence-electron chi connectivity index (χ0n) is 16.4. The Balaban J connectivity index is 1.88. The summed E-state index contributed by atoms with van der Waals surface area (Å²) in [6, 6.07) is 15.6. The number of aryl methyl sites for hydroxylation is 1. The lowest BCUT2D eigenvalue weighted by Gasteiger charge is -2.19. The van der Waals surface area contributed by atoms with Gasteiger partial charge in [0.15, 0.2) is 0 Å². The first-order chi connectivity index (χ1) is 13.5. The van der Waals surface area contributed by atoms with Crippen LogP contribution in [0.5, 0.6) is 11.5 Å². The Kier molecular flexibility index (Phi) is 6.21. The van der Waals surface area contributed by atoms with Crippen molar-refractivity contribution in [2.24, 2.45) is 0 Å². The second kappa shape index (κ2) is 8.80. The predicted octanol–water partition coefficient (Wildman–Crippen LogP) is 4.84. The monoisotopic (exact) mass is 398 g/mol. The zero-order chi connectivity index (χ0) is 20.1. The number of aromatic nitrogens is 2. The molecule has 0 saturated carbocycles. The van der Waals surface area contributed by atoms with Crippen molar-refractivity contribution in [3.05, 3.63) is 64.8 Å². The van der Waals surface area contributed by atoms with Crippen molar-refractivity contribution in [1.29, 1.82) is 0 Å². The van der Waals surface area contributed by atoms with Crippen LogP contribution in [-0.2, 0) is 6.54 Å². The highest BCUT2D eigenvalue weighted by molar-refractivity contribution is 6.32. The molecule has 0 aliphatic rings. The fourth-order valence-corrected chi connectivity index (χ4v) is 3.04. The van der Waals surface area contributed by atoms with Crippen LogP contribution in [0.3, 0.4) is 0 Å². The molecule has 7 heteroatoms. The second-order valence-corrected chi connectivity index (χ2v) is 6.76. The van der Waals surface area contributed by atoms with Gasteiger partial charge in [-0.3, -0.25) is 0 Å². The van der Waals surface area contributed by atoms with Gasteiger partial charge in [0.25, 0.3) is 0 Å². The Bertz CT molecular complexity index is 951. The third-order valence-corrected chi connectivity index (χ3v) is 4.48. The molecule has 28 heavy (non-hydrogen) atoms. The molecule has 0 unspecified atom stereocenters. The standard InChI is InChI=1S/C21H23ClN4O2/c1-14-10-20(24-17-12-18(27-3)16(22)11-19(17)28-4)25-21(23-14)26(2)13-15-8-6-5-7-9-15/h5-12H,13H2,1-4H3,(H,23,24,25). The average molecular weight is 399 g/mol. The predicted molar refractivity (Wildman–Crippen MR) is 113 cm³/mol. The van der Waals surface area contributed by atoms with Crippen molar-refractivity contribution in [3.8, 4) is 11.5 Å². The number of hydrogen-bond acceptors (Lipinski definition) is 6. The summed E-state index contributed by atoms with van der Waals surface area (Å²) >= 11 is 6.19. The van der Waals surface area contributed by atoms with Gasteiger partial charge in [0.1, 0.15) is 17.3 Å². The molecular formula is C21H23ClN4O2. The number of nitrogens with one attached hydrogen (secondary N) is 1. The summed E-state index contributed by atoms with van der Waals surface area (Å²) < 4.78 is 10.7. The van der Waals surface area contributed by atoms with Gasteiger partial charge in [-0.2, -0.15) is 4.98 Å². The minimum absolute atomic E-state index is 0.479. The van der Waals surface area contributed by atoms with Crippen molar-refractivity contribution in [2.45, 2.75) is 13.5 Å². The van der Waals surface area contributed by atoms with Gasteiger partial charge in [-0.15, -0.1) is 0 Å². The Labute approximate surface area is 170 Å². The summed E-state index contributed by atoms with van der Waals surface area (Å²) in [4.78, 5) is 11.2. The second-order valence-electron chi connectivity index (χ2n) is 6.35. The van der Waals surface area contributed by atoms with Gasteiger partial charge in [-0.25, -0.2) is 4.98 Å². The number of nitrogens with zero attached hydrogens (tertiary/aromatic N) is 3. The maximum absolute atomic E-state index is 6.19. The van der Waals surface area contributed by atoms with E-state index in [1.54, 1.807) is 26.4 Å². The third kappa shape index (κ3) is 4.64. The van der Waals surface area contributed by atoms with Gasteiger partial charge in [-0.05, 0) is 12.5 Å². The summed E-state index contributed by atoms with van der Waals surface area (Å²) in [5, 5.41) is 3.76. The molecule has 3 aromatic rings. The molecule has 0 aliphatic carbocycles. The van der Waals surface area contributed by atoms with Crippen LogP contribution in [0.2, 0.25) is 5.02 Å². The summed E-state index contributed by atoms with van der Waals surface area (Å²) in [7, 11) is 5.13. The Morgan fingerprint density at radius 1 is 1.00 bits per heavy atom. The molecular weight excluding hydrogens is 376 g/mol. The topological polar surface area (TPSA) is 59.5 Å². The number of benzene rings is 2. The normalized spacial score (nSPS) is 10.5. The molecule has 0 atom stereocenters.